The summed E-state index contributed by atoms with van der Waals surface area (Å²) in [6.45, 7) is 0. The molecule has 0 aliphatic carbocycles. The number of hydrogen-bond acceptors (Lipinski definition) is 2. The van der Waals surface area contributed by atoms with Gasteiger partial charge in [0.2, 0.25) is 0 Å². The summed E-state index contributed by atoms with van der Waals surface area (Å²) >= 11 is 3.39. The van der Waals surface area contributed by atoms with Gasteiger partial charge in [0.25, 0.3) is 0 Å². The summed E-state index contributed by atoms with van der Waals surface area (Å²) in [6, 6.07) is 3.92. The van der Waals surface area contributed by atoms with Crippen LogP contribution in [0.25, 0.3) is 10.9 Å². The van der Waals surface area contributed by atoms with Crippen LogP contribution >= 0.6 is 15.9 Å². The summed E-state index contributed by atoms with van der Waals surface area (Å²) in [5, 5.41) is 1.10. The van der Waals surface area contributed by atoms with Crippen LogP contribution in [0.1, 0.15) is 0 Å². The van der Waals surface area contributed by atoms with E-state index in [0.29, 0.717) is 0 Å². The van der Waals surface area contributed by atoms with Crippen molar-refractivity contribution in [2.45, 2.75) is 0 Å². The van der Waals surface area contributed by atoms with Gasteiger partial charge in [-0.1, -0.05) is 6.07 Å². The monoisotopic (exact) mass is 208 g/mol. The molecule has 2 rings (SSSR count). The van der Waals surface area contributed by atoms with Crippen molar-refractivity contribution in [2.24, 2.45) is 0 Å². The van der Waals surface area contributed by atoms with Crippen LogP contribution in [0.2, 0.25) is 0 Å². The number of aromatic nitrogens is 2. The maximum Gasteiger partial charge on any atom is 0.0896 e. The molecule has 0 N–H and O–H groups in total. The molecular formula is C8H5BrN2. The highest BCUT2D eigenvalue weighted by Gasteiger charge is 1.96. The number of rotatable bonds is 0. The topological polar surface area (TPSA) is 25.8 Å². The zero-order chi connectivity index (χ0) is 7.68. The molecule has 3 heteroatoms. The minimum Gasteiger partial charge on any atom is -0.261 e. The molecule has 0 unspecified atom stereocenters. The Morgan fingerprint density at radius 2 is 2.18 bits per heavy atom. The Hall–Kier alpha value is -0.960. The molecular weight excluding hydrogens is 204 g/mol. The largest absolute Gasteiger partial charge is 0.261 e. The maximum absolute atomic E-state index is 4.15. The van der Waals surface area contributed by atoms with Gasteiger partial charge in [0.15, 0.2) is 0 Å². The summed E-state index contributed by atoms with van der Waals surface area (Å²) in [5.41, 5.74) is 0.918. The van der Waals surface area contributed by atoms with Crippen LogP contribution in [0.5, 0.6) is 0 Å². The van der Waals surface area contributed by atoms with E-state index < -0.39 is 0 Å². The quantitative estimate of drug-likeness (QED) is 0.665. The van der Waals surface area contributed by atoms with Gasteiger partial charge < -0.3 is 0 Å². The van der Waals surface area contributed by atoms with Gasteiger partial charge >= 0.3 is 0 Å². The fourth-order valence-corrected chi connectivity index (χ4v) is 1.42. The van der Waals surface area contributed by atoms with Gasteiger partial charge in [-0.15, -0.1) is 0 Å². The van der Waals surface area contributed by atoms with Crippen LogP contribution in [-0.4, -0.2) is 9.97 Å². The first kappa shape index (κ1) is 6.73. The van der Waals surface area contributed by atoms with E-state index in [2.05, 4.69) is 25.9 Å². The summed E-state index contributed by atoms with van der Waals surface area (Å²) < 4.78 is 0.989. The summed E-state index contributed by atoms with van der Waals surface area (Å²) in [5.74, 6) is 0. The molecule has 54 valence electrons. The van der Waals surface area contributed by atoms with Crippen molar-refractivity contribution in [3.8, 4) is 0 Å². The number of halogens is 1. The van der Waals surface area contributed by atoms with Crippen molar-refractivity contribution < 1.29 is 0 Å². The Morgan fingerprint density at radius 3 is 3.00 bits per heavy atom. The Balaban J connectivity index is 2.91. The highest BCUT2D eigenvalue weighted by molar-refractivity contribution is 9.10. The van der Waals surface area contributed by atoms with Crippen molar-refractivity contribution in [2.75, 3.05) is 0 Å². The number of nitrogens with zero attached hydrogens (tertiary/aromatic N) is 2. The van der Waals surface area contributed by atoms with E-state index in [1.807, 2.05) is 12.1 Å². The zero-order valence-electron chi connectivity index (χ0n) is 5.66. The summed E-state index contributed by atoms with van der Waals surface area (Å²) in [4.78, 5) is 8.15. The highest BCUT2D eigenvalue weighted by Crippen LogP contribution is 2.19. The fraction of sp³-hybridized carbons (Fsp3) is 0. The van der Waals surface area contributed by atoms with Crippen molar-refractivity contribution in [1.82, 2.24) is 9.97 Å². The molecule has 11 heavy (non-hydrogen) atoms. The number of pyridine rings is 2. The molecule has 2 nitrogen and oxygen atoms in total. The highest BCUT2D eigenvalue weighted by atomic mass is 79.9. The van der Waals surface area contributed by atoms with Gasteiger partial charge in [0.1, 0.15) is 0 Å². The van der Waals surface area contributed by atoms with Crippen LogP contribution in [0, 0.1) is 0 Å². The Kier molecular flexibility index (Phi) is 1.58. The predicted octanol–water partition coefficient (Wildman–Crippen LogP) is 2.39. The average molecular weight is 209 g/mol. The Bertz CT molecular complexity index is 381. The third-order valence-corrected chi connectivity index (χ3v) is 2.11. The zero-order valence-corrected chi connectivity index (χ0v) is 7.25. The molecule has 0 aliphatic rings. The van der Waals surface area contributed by atoms with Crippen molar-refractivity contribution >= 4 is 26.8 Å². The van der Waals surface area contributed by atoms with Gasteiger partial charge in [-0.25, -0.2) is 0 Å². The smallest absolute Gasteiger partial charge is 0.0896 e. The third kappa shape index (κ3) is 1.12. The van der Waals surface area contributed by atoms with Crippen LogP contribution < -0.4 is 0 Å². The van der Waals surface area contributed by atoms with E-state index >= 15 is 0 Å². The van der Waals surface area contributed by atoms with E-state index in [1.54, 1.807) is 18.6 Å². The van der Waals surface area contributed by atoms with Gasteiger partial charge in [-0.2, -0.15) is 0 Å². The molecule has 0 spiro atoms. The second-order valence-corrected chi connectivity index (χ2v) is 3.05. The lowest BCUT2D eigenvalue weighted by atomic mass is 10.3. The number of fused-ring (bicyclic) bond motifs is 1. The molecule has 2 aromatic heterocycles. The molecule has 0 radical (unpaired) electrons. The molecule has 0 saturated carbocycles. The van der Waals surface area contributed by atoms with E-state index in [-0.39, 0.29) is 0 Å². The van der Waals surface area contributed by atoms with Crippen molar-refractivity contribution in [3.05, 3.63) is 35.2 Å². The second-order valence-electron chi connectivity index (χ2n) is 2.19. The minimum absolute atomic E-state index is 0.918. The molecule has 2 aromatic rings. The van der Waals surface area contributed by atoms with Gasteiger partial charge in [0.05, 0.1) is 11.7 Å². The lowest BCUT2D eigenvalue weighted by Crippen LogP contribution is -1.79. The first-order valence-corrected chi connectivity index (χ1v) is 4.01. The number of hydrogen-bond donors (Lipinski definition) is 0. The van der Waals surface area contributed by atoms with Crippen LogP contribution in [0.4, 0.5) is 0 Å². The first-order chi connectivity index (χ1) is 5.38. The van der Waals surface area contributed by atoms with Gasteiger partial charge in [0, 0.05) is 22.3 Å². The Morgan fingerprint density at radius 1 is 1.27 bits per heavy atom. The van der Waals surface area contributed by atoms with Gasteiger partial charge in [-0.3, -0.25) is 9.97 Å². The van der Waals surface area contributed by atoms with Crippen molar-refractivity contribution in [3.63, 3.8) is 0 Å². The normalized spacial score (nSPS) is 10.3. The predicted molar refractivity (Wildman–Crippen MR) is 47.2 cm³/mol. The Labute approximate surface area is 72.4 Å². The first-order valence-electron chi connectivity index (χ1n) is 3.22. The summed E-state index contributed by atoms with van der Waals surface area (Å²) in [7, 11) is 0. The lowest BCUT2D eigenvalue weighted by Gasteiger charge is -1.95. The van der Waals surface area contributed by atoms with E-state index in [1.165, 1.54) is 0 Å². The maximum atomic E-state index is 4.15. The molecule has 0 fully saturated rings. The molecule has 0 amide bonds. The fourth-order valence-electron chi connectivity index (χ4n) is 0.965. The van der Waals surface area contributed by atoms with E-state index in [0.717, 1.165) is 15.4 Å². The van der Waals surface area contributed by atoms with Crippen molar-refractivity contribution in [1.29, 1.82) is 0 Å². The lowest BCUT2D eigenvalue weighted by molar-refractivity contribution is 1.30. The van der Waals surface area contributed by atoms with Gasteiger partial charge in [-0.05, 0) is 22.0 Å². The SMILES string of the molecule is Brc1cncc2ncccc12. The van der Waals surface area contributed by atoms with E-state index in [9.17, 15) is 0 Å². The molecule has 0 saturated heterocycles. The average Bonchev–Trinajstić information content (AvgIpc) is 2.06. The molecule has 0 bridgehead atoms. The molecule has 0 aromatic carbocycles. The molecule has 2 heterocycles. The summed E-state index contributed by atoms with van der Waals surface area (Å²) in [6.07, 6.45) is 5.28. The van der Waals surface area contributed by atoms with Crippen LogP contribution in [0.15, 0.2) is 35.2 Å². The molecule has 0 aliphatic heterocycles. The van der Waals surface area contributed by atoms with Crippen LogP contribution in [-0.2, 0) is 0 Å². The minimum atomic E-state index is 0.918. The van der Waals surface area contributed by atoms with E-state index in [4.69, 9.17) is 0 Å². The standard InChI is InChI=1S/C8H5BrN2/c9-7-4-10-5-8-6(7)2-1-3-11-8/h1-5H. The molecule has 0 atom stereocenters. The van der Waals surface area contributed by atoms with Crippen LogP contribution in [0.3, 0.4) is 0 Å². The second kappa shape index (κ2) is 2.58. The third-order valence-electron chi connectivity index (χ3n) is 1.48.